The average Bonchev–Trinajstić information content (AvgIpc) is 2.36. The third kappa shape index (κ3) is 0.580. The van der Waals surface area contributed by atoms with Gasteiger partial charge in [0.05, 0.1) is 0 Å². The molecule has 0 aromatic heterocycles. The van der Waals surface area contributed by atoms with Crippen molar-refractivity contribution in [3.8, 4) is 0 Å². The number of hydrogen-bond donors (Lipinski definition) is 0. The van der Waals surface area contributed by atoms with Crippen LogP contribution in [0, 0.1) is 22.7 Å². The minimum Gasteiger partial charge on any atom is -0.0615 e. The van der Waals surface area contributed by atoms with E-state index in [9.17, 15) is 0 Å². The Morgan fingerprint density at radius 1 is 1.10 bits per heavy atom. The maximum absolute atomic E-state index is 2.47. The molecule has 0 radical (unpaired) electrons. The molecule has 10 heavy (non-hydrogen) atoms. The van der Waals surface area contributed by atoms with Crippen LogP contribution >= 0.6 is 0 Å². The molecule has 2 unspecified atom stereocenters. The maximum Gasteiger partial charge on any atom is -0.0264 e. The monoisotopic (exact) mass is 138 g/mol. The summed E-state index contributed by atoms with van der Waals surface area (Å²) >= 11 is 0. The van der Waals surface area contributed by atoms with Crippen molar-refractivity contribution in [3.05, 3.63) is 0 Å². The quantitative estimate of drug-likeness (QED) is 0.482. The van der Waals surface area contributed by atoms with Crippen LogP contribution in [-0.2, 0) is 0 Å². The maximum atomic E-state index is 2.47. The van der Waals surface area contributed by atoms with Crippen molar-refractivity contribution < 1.29 is 0 Å². The van der Waals surface area contributed by atoms with E-state index in [1.165, 1.54) is 12.8 Å². The van der Waals surface area contributed by atoms with Gasteiger partial charge in [0.15, 0.2) is 0 Å². The van der Waals surface area contributed by atoms with Crippen LogP contribution in [0.5, 0.6) is 0 Å². The Morgan fingerprint density at radius 3 is 1.90 bits per heavy atom. The summed E-state index contributed by atoms with van der Waals surface area (Å²) in [6, 6.07) is 0. The van der Waals surface area contributed by atoms with Gasteiger partial charge in [-0.3, -0.25) is 0 Å². The first kappa shape index (κ1) is 6.69. The van der Waals surface area contributed by atoms with Gasteiger partial charge in [0.25, 0.3) is 0 Å². The summed E-state index contributed by atoms with van der Waals surface area (Å²) in [6.45, 7) is 9.76. The van der Waals surface area contributed by atoms with Crippen LogP contribution in [0.25, 0.3) is 0 Å². The van der Waals surface area contributed by atoms with Crippen LogP contribution < -0.4 is 0 Å². The molecule has 0 heteroatoms. The van der Waals surface area contributed by atoms with E-state index < -0.39 is 0 Å². The molecule has 0 aromatic rings. The van der Waals surface area contributed by atoms with Gasteiger partial charge in [-0.25, -0.2) is 0 Å². The van der Waals surface area contributed by atoms with Crippen LogP contribution in [0.4, 0.5) is 0 Å². The Balaban J connectivity index is 2.25. The molecule has 0 saturated heterocycles. The average molecular weight is 138 g/mol. The van der Waals surface area contributed by atoms with Crippen LogP contribution in [0.2, 0.25) is 0 Å². The Labute approximate surface area is 64.0 Å². The molecule has 0 aromatic carbocycles. The molecule has 2 aliphatic rings. The summed E-state index contributed by atoms with van der Waals surface area (Å²) in [5, 5.41) is 0. The smallest absolute Gasteiger partial charge is 0.0264 e. The van der Waals surface area contributed by atoms with E-state index in [-0.39, 0.29) is 0 Å². The lowest BCUT2D eigenvalue weighted by atomic mass is 9.76. The van der Waals surface area contributed by atoms with Gasteiger partial charge in [-0.15, -0.1) is 0 Å². The Bertz CT molecular complexity index is 164. The molecule has 2 saturated carbocycles. The third-order valence-electron chi connectivity index (χ3n) is 4.39. The summed E-state index contributed by atoms with van der Waals surface area (Å²) in [7, 11) is 0. The zero-order valence-corrected chi connectivity index (χ0v) is 7.57. The van der Waals surface area contributed by atoms with Gasteiger partial charge in [-0.2, -0.15) is 0 Å². The molecule has 2 aliphatic carbocycles. The van der Waals surface area contributed by atoms with Crippen molar-refractivity contribution in [1.29, 1.82) is 0 Å². The van der Waals surface area contributed by atoms with E-state index in [0.29, 0.717) is 5.41 Å². The van der Waals surface area contributed by atoms with Crippen LogP contribution in [-0.4, -0.2) is 0 Å². The summed E-state index contributed by atoms with van der Waals surface area (Å²) in [5.74, 6) is 2.03. The van der Waals surface area contributed by atoms with Crippen molar-refractivity contribution in [2.75, 3.05) is 0 Å². The Hall–Kier alpha value is 0. The first-order valence-corrected chi connectivity index (χ1v) is 4.47. The minimum absolute atomic E-state index is 0.637. The SMILES string of the molecule is CC1C(C)(C)CC2C[C@]21C. The van der Waals surface area contributed by atoms with E-state index in [1.54, 1.807) is 0 Å². The van der Waals surface area contributed by atoms with Gasteiger partial charge in [0.1, 0.15) is 0 Å². The fraction of sp³-hybridized carbons (Fsp3) is 1.00. The molecule has 0 spiro atoms. The van der Waals surface area contributed by atoms with Crippen molar-refractivity contribution in [2.24, 2.45) is 22.7 Å². The van der Waals surface area contributed by atoms with Crippen LogP contribution in [0.1, 0.15) is 40.5 Å². The molecular weight excluding hydrogens is 120 g/mol. The lowest BCUT2D eigenvalue weighted by molar-refractivity contribution is 0.198. The highest BCUT2D eigenvalue weighted by Crippen LogP contribution is 2.71. The van der Waals surface area contributed by atoms with Gasteiger partial charge in [0.2, 0.25) is 0 Å². The molecule has 2 fully saturated rings. The van der Waals surface area contributed by atoms with Gasteiger partial charge >= 0.3 is 0 Å². The normalized spacial score (nSPS) is 56.4. The van der Waals surface area contributed by atoms with E-state index in [1.807, 2.05) is 0 Å². The van der Waals surface area contributed by atoms with E-state index >= 15 is 0 Å². The van der Waals surface area contributed by atoms with Crippen molar-refractivity contribution in [1.82, 2.24) is 0 Å². The summed E-state index contributed by atoms with van der Waals surface area (Å²) in [6.07, 6.45) is 2.99. The lowest BCUT2D eigenvalue weighted by Crippen LogP contribution is -2.21. The first-order valence-electron chi connectivity index (χ1n) is 4.47. The highest BCUT2D eigenvalue weighted by Gasteiger charge is 2.63. The van der Waals surface area contributed by atoms with Crippen LogP contribution in [0.3, 0.4) is 0 Å². The number of fused-ring (bicyclic) bond motifs is 1. The minimum atomic E-state index is 0.637. The van der Waals surface area contributed by atoms with Gasteiger partial charge < -0.3 is 0 Å². The van der Waals surface area contributed by atoms with Crippen molar-refractivity contribution >= 4 is 0 Å². The Morgan fingerprint density at radius 2 is 1.70 bits per heavy atom. The second-order valence-electron chi connectivity index (χ2n) is 5.32. The highest BCUT2D eigenvalue weighted by molar-refractivity contribution is 5.12. The standard InChI is InChI=1S/C10H18/c1-7-9(2,3)5-8-6-10(7,8)4/h7-8H,5-6H2,1-4H3/t7?,8?,10-/m0/s1. The molecule has 2 rings (SSSR count). The van der Waals surface area contributed by atoms with Gasteiger partial charge in [-0.05, 0) is 35.5 Å². The summed E-state index contributed by atoms with van der Waals surface area (Å²) < 4.78 is 0. The summed E-state index contributed by atoms with van der Waals surface area (Å²) in [4.78, 5) is 0. The molecule has 0 bridgehead atoms. The molecular formula is C10H18. The van der Waals surface area contributed by atoms with Crippen molar-refractivity contribution in [3.63, 3.8) is 0 Å². The third-order valence-corrected chi connectivity index (χ3v) is 4.39. The largest absolute Gasteiger partial charge is 0.0615 e. The molecule has 0 N–H and O–H groups in total. The fourth-order valence-corrected chi connectivity index (χ4v) is 3.01. The van der Waals surface area contributed by atoms with E-state index in [2.05, 4.69) is 27.7 Å². The highest BCUT2D eigenvalue weighted by atomic mass is 14.7. The fourth-order valence-electron chi connectivity index (χ4n) is 3.01. The van der Waals surface area contributed by atoms with E-state index in [0.717, 1.165) is 17.3 Å². The summed E-state index contributed by atoms with van der Waals surface area (Å²) in [5.41, 5.74) is 1.39. The molecule has 0 amide bonds. The van der Waals surface area contributed by atoms with Crippen molar-refractivity contribution in [2.45, 2.75) is 40.5 Å². The van der Waals surface area contributed by atoms with Gasteiger partial charge in [-0.1, -0.05) is 27.7 Å². The molecule has 3 atom stereocenters. The predicted molar refractivity (Wildman–Crippen MR) is 43.8 cm³/mol. The first-order chi connectivity index (χ1) is 4.47. The number of hydrogen-bond acceptors (Lipinski definition) is 0. The molecule has 0 heterocycles. The molecule has 0 nitrogen and oxygen atoms in total. The van der Waals surface area contributed by atoms with E-state index in [4.69, 9.17) is 0 Å². The molecule has 0 aliphatic heterocycles. The lowest BCUT2D eigenvalue weighted by Gasteiger charge is -2.29. The number of rotatable bonds is 0. The zero-order chi connectivity index (χ0) is 7.57. The second kappa shape index (κ2) is 1.44. The zero-order valence-electron chi connectivity index (χ0n) is 7.57. The molecule has 58 valence electrons. The topological polar surface area (TPSA) is 0 Å². The second-order valence-corrected chi connectivity index (χ2v) is 5.32. The van der Waals surface area contributed by atoms with Crippen LogP contribution in [0.15, 0.2) is 0 Å². The van der Waals surface area contributed by atoms with Gasteiger partial charge in [0, 0.05) is 0 Å². The predicted octanol–water partition coefficient (Wildman–Crippen LogP) is 3.08. The Kier molecular flexibility index (Phi) is 0.964.